The lowest BCUT2D eigenvalue weighted by molar-refractivity contribution is -0.142. The maximum Gasteiger partial charge on any atom is 0.237 e. The molecule has 4 saturated heterocycles. The summed E-state index contributed by atoms with van der Waals surface area (Å²) in [5, 5.41) is 52.7. The number of nitriles is 2. The second-order valence-electron chi connectivity index (χ2n) is 22.1. The number of nitrogens with one attached hydrogen (secondary N) is 1. The molecule has 4 aromatic heterocycles. The van der Waals surface area contributed by atoms with Gasteiger partial charge >= 0.3 is 0 Å². The largest absolute Gasteiger partial charge is 0.389 e. The van der Waals surface area contributed by atoms with Crippen LogP contribution < -0.4 is 24.9 Å². The van der Waals surface area contributed by atoms with Gasteiger partial charge in [-0.1, -0.05) is 30.1 Å². The number of thiazole rings is 2. The molecule has 0 atom stereocenters. The van der Waals surface area contributed by atoms with E-state index < -0.39 is 11.9 Å². The molecule has 8 aromatic rings. The Morgan fingerprint density at radius 1 is 0.648 bits per heavy atom. The van der Waals surface area contributed by atoms with E-state index >= 15 is 8.78 Å². The molecular weight excluding hydrogens is 1200 g/mol. The Labute approximate surface area is 520 Å². The smallest absolute Gasteiger partial charge is 0.237 e. The highest BCUT2D eigenvalue weighted by Gasteiger charge is 2.33. The van der Waals surface area contributed by atoms with Gasteiger partial charge in [0.15, 0.2) is 21.9 Å². The zero-order valence-corrected chi connectivity index (χ0v) is 51.2. The van der Waals surface area contributed by atoms with Gasteiger partial charge in [-0.3, -0.25) is 14.5 Å². The van der Waals surface area contributed by atoms with Gasteiger partial charge in [0.05, 0.1) is 18.8 Å². The molecule has 0 bridgehead atoms. The van der Waals surface area contributed by atoms with Crippen molar-refractivity contribution in [1.82, 2.24) is 49.5 Å². The summed E-state index contributed by atoms with van der Waals surface area (Å²) in [6.45, 7) is 15.8. The summed E-state index contributed by atoms with van der Waals surface area (Å²) < 4.78 is 61.4. The molecule has 8 heterocycles. The number of hydrogen-bond acceptors (Lipinski definition) is 18. The van der Waals surface area contributed by atoms with Gasteiger partial charge in [0.2, 0.25) is 11.8 Å². The molecule has 0 spiro atoms. The third-order valence-corrected chi connectivity index (χ3v) is 17.7. The van der Waals surface area contributed by atoms with E-state index in [0.717, 1.165) is 37.6 Å². The first kappa shape index (κ1) is 64.5. The zero-order valence-electron chi connectivity index (χ0n) is 48.8. The van der Waals surface area contributed by atoms with Crippen LogP contribution in [-0.2, 0) is 9.59 Å². The van der Waals surface area contributed by atoms with Crippen molar-refractivity contribution in [3.63, 3.8) is 0 Å². The average molecular weight is 1270 g/mol. The number of alkyl halides is 1. The summed E-state index contributed by atoms with van der Waals surface area (Å²) in [5.41, 5.74) is 4.34. The van der Waals surface area contributed by atoms with E-state index in [0.29, 0.717) is 129 Å². The second-order valence-corrected chi connectivity index (χ2v) is 24.3. The molecule has 20 nitrogen and oxygen atoms in total. The summed E-state index contributed by atoms with van der Waals surface area (Å²) in [7, 11) is 3.67. The van der Waals surface area contributed by atoms with Gasteiger partial charge in [0, 0.05) is 138 Å². The fourth-order valence-electron chi connectivity index (χ4n) is 10.6. The molecule has 3 N–H and O–H groups in total. The van der Waals surface area contributed by atoms with Crippen molar-refractivity contribution in [3.05, 3.63) is 106 Å². The predicted molar refractivity (Wildman–Crippen MR) is 337 cm³/mol. The molecule has 0 radical (unpaired) electrons. The average Bonchev–Trinajstić information content (AvgIpc) is 2.40. The highest BCUT2D eigenvalue weighted by molar-refractivity contribution is 7.17. The second kappa shape index (κ2) is 27.6. The Morgan fingerprint density at radius 2 is 1.05 bits per heavy atom. The summed E-state index contributed by atoms with van der Waals surface area (Å²) in [6, 6.07) is 23.0. The number of aliphatic hydroxyl groups is 2. The Hall–Kier alpha value is -7.95. The Bertz CT molecular complexity index is 3880. The lowest BCUT2D eigenvalue weighted by atomic mass is 10.1. The van der Waals surface area contributed by atoms with Gasteiger partial charge in [0.1, 0.15) is 73.5 Å². The Balaban J connectivity index is 0.000000184. The molecule has 4 fully saturated rings. The molecule has 12 rings (SSSR count). The number of benzene rings is 4. The number of nitrogens with zero attached hydrogens (tertiary/aromatic N) is 15. The molecule has 27 heteroatoms. The number of piperazine rings is 2. The lowest BCUT2D eigenvalue weighted by Crippen LogP contribution is -2.57. The number of anilines is 6. The number of β-amino-alcohol motifs (C(OH)–C–C–N with tert-alkyl or cyclic N) is 2. The standard InChI is InChI=1S/C30H32F2N8O2S.C25H25F2N7S.C5H8ClNO2.CH4/c1-18(2)40-29(36(3)30-34-27(25(14-33)43-30)19-4-6-20(31)7-5-19)23-12-21(13-24(32)28(23)35-40)38-10-8-37(9-11-38)17-26(42)39-15-22(41)16-39;1-15(2)34-24(19-12-18(13-20(27)23(19)31-34)33-10-8-29-9-11-33)32(3)25-30-22(21(14-28)35-25)16-4-6-17(26)7-5-16;6-1-5(9)7-2-4(8)3-7;/h4-7,12-13,18,22,41H,8-11,15-17H2,1-3H3;4-7,12-13,15,29H,8-11H2,1-3H3;4,8H,1-3H2;1H4. The summed E-state index contributed by atoms with van der Waals surface area (Å²) >= 11 is 7.68. The number of carbonyl (C=O) groups is 2. The highest BCUT2D eigenvalue weighted by Crippen LogP contribution is 2.43. The van der Waals surface area contributed by atoms with Crippen LogP contribution in [0, 0.1) is 45.9 Å². The fourth-order valence-corrected chi connectivity index (χ4v) is 12.5. The molecule has 4 aliphatic rings. The van der Waals surface area contributed by atoms with E-state index in [-0.39, 0.29) is 66.3 Å². The molecule has 4 aliphatic heterocycles. The zero-order chi connectivity index (χ0) is 62.0. The Kier molecular flexibility index (Phi) is 20.2. The molecule has 88 heavy (non-hydrogen) atoms. The minimum absolute atomic E-state index is 0. The van der Waals surface area contributed by atoms with Crippen LogP contribution in [0.15, 0.2) is 72.8 Å². The van der Waals surface area contributed by atoms with E-state index in [4.69, 9.17) is 26.7 Å². The van der Waals surface area contributed by atoms with Crippen LogP contribution in [-0.4, -0.2) is 184 Å². The van der Waals surface area contributed by atoms with Crippen LogP contribution in [0.3, 0.4) is 0 Å². The number of rotatable bonds is 13. The maximum atomic E-state index is 15.6. The van der Waals surface area contributed by atoms with E-state index in [1.54, 1.807) is 44.6 Å². The van der Waals surface area contributed by atoms with Crippen molar-refractivity contribution in [2.24, 2.45) is 0 Å². The predicted octanol–water partition coefficient (Wildman–Crippen LogP) is 9.12. The first-order valence-corrected chi connectivity index (χ1v) is 30.6. The topological polar surface area (TPSA) is 218 Å². The quantitative estimate of drug-likeness (QED) is 0.0724. The highest BCUT2D eigenvalue weighted by atomic mass is 35.5. The SMILES string of the molecule is C.CC(C)n1nc2c(F)cc(N3CCN(CC(=O)N4CC(O)C4)CC3)cc2c1N(C)c1nc(-c2ccc(F)cc2)c(C#N)s1.CC(C)n1nc2c(F)cc(N3CCNCC3)cc2c1N(C)c1nc(-c2ccc(F)cc2)c(C#N)s1.O=C(CCl)N1CC(O)C1. The van der Waals surface area contributed by atoms with Crippen LogP contribution in [0.5, 0.6) is 0 Å². The summed E-state index contributed by atoms with van der Waals surface area (Å²) in [5.74, 6) is -0.228. The number of likely N-dealkylation sites (tertiary alicyclic amines) is 2. The van der Waals surface area contributed by atoms with Crippen LogP contribution >= 0.6 is 34.3 Å². The van der Waals surface area contributed by atoms with Crippen LogP contribution in [0.2, 0.25) is 0 Å². The van der Waals surface area contributed by atoms with Crippen molar-refractivity contribution >= 4 is 101 Å². The van der Waals surface area contributed by atoms with Crippen LogP contribution in [0.25, 0.3) is 44.3 Å². The van der Waals surface area contributed by atoms with Gasteiger partial charge < -0.3 is 44.9 Å². The van der Waals surface area contributed by atoms with Gasteiger partial charge in [-0.05, 0) is 100 Å². The first-order valence-electron chi connectivity index (χ1n) is 28.4. The third kappa shape index (κ3) is 13.7. The van der Waals surface area contributed by atoms with Crippen molar-refractivity contribution < 1.29 is 37.4 Å². The molecule has 0 saturated carbocycles. The molecule has 2 amide bonds. The normalized spacial score (nSPS) is 15.5. The van der Waals surface area contributed by atoms with Gasteiger partial charge in [-0.15, -0.1) is 11.6 Å². The van der Waals surface area contributed by atoms with E-state index in [2.05, 4.69) is 42.4 Å². The van der Waals surface area contributed by atoms with Crippen molar-refractivity contribution in [3.8, 4) is 34.7 Å². The van der Waals surface area contributed by atoms with Gasteiger partial charge in [-0.25, -0.2) is 36.9 Å². The number of halogens is 5. The minimum atomic E-state index is -0.431. The Morgan fingerprint density at radius 3 is 1.42 bits per heavy atom. The van der Waals surface area contributed by atoms with Crippen LogP contribution in [0.4, 0.5) is 50.8 Å². The molecule has 4 aromatic carbocycles. The number of fused-ring (bicyclic) bond motifs is 2. The molecule has 0 aliphatic carbocycles. The monoisotopic (exact) mass is 1260 g/mol. The van der Waals surface area contributed by atoms with Crippen molar-refractivity contribution in [2.45, 2.75) is 59.4 Å². The van der Waals surface area contributed by atoms with Gasteiger partial charge in [0.25, 0.3) is 0 Å². The lowest BCUT2D eigenvalue weighted by Gasteiger charge is -2.39. The number of hydrogen-bond donors (Lipinski definition) is 3. The number of amides is 2. The van der Waals surface area contributed by atoms with Gasteiger partial charge in [-0.2, -0.15) is 20.7 Å². The van der Waals surface area contributed by atoms with E-state index in [9.17, 15) is 34.0 Å². The fraction of sp³-hybridized carbons (Fsp3) is 0.410. The maximum absolute atomic E-state index is 15.6. The molecule has 0 unspecified atom stereocenters. The number of aromatic nitrogens is 6. The third-order valence-electron chi connectivity index (χ3n) is 15.4. The van der Waals surface area contributed by atoms with E-state index in [1.165, 1.54) is 57.9 Å². The molecule has 464 valence electrons. The first-order chi connectivity index (χ1) is 41.7. The van der Waals surface area contributed by atoms with Crippen LogP contribution in [0.1, 0.15) is 57.0 Å². The minimum Gasteiger partial charge on any atom is -0.389 e. The summed E-state index contributed by atoms with van der Waals surface area (Å²) in [6.07, 6.45) is -0.743. The van der Waals surface area contributed by atoms with E-state index in [1.807, 2.05) is 63.7 Å². The number of aliphatic hydroxyl groups excluding tert-OH is 2. The van der Waals surface area contributed by atoms with Crippen molar-refractivity contribution in [2.75, 3.05) is 125 Å². The molecular formula is C61H69ClF4N16O4S2. The summed E-state index contributed by atoms with van der Waals surface area (Å²) in [4.78, 5) is 46.6. The number of carbonyl (C=O) groups excluding carboxylic acids is 2. The van der Waals surface area contributed by atoms with Crippen molar-refractivity contribution in [1.29, 1.82) is 10.5 Å².